The van der Waals surface area contributed by atoms with E-state index in [1.54, 1.807) is 32.9 Å². The number of piperazine rings is 1. The molecule has 1 aromatic rings. The van der Waals surface area contributed by atoms with Gasteiger partial charge >= 0.3 is 0 Å². The van der Waals surface area contributed by atoms with E-state index in [1.807, 2.05) is 4.90 Å². The van der Waals surface area contributed by atoms with Crippen LogP contribution in [0.3, 0.4) is 0 Å². The predicted octanol–water partition coefficient (Wildman–Crippen LogP) is 2.46. The minimum Gasteiger partial charge on any atom is -0.336 e. The van der Waals surface area contributed by atoms with Gasteiger partial charge in [-0.15, -0.1) is 0 Å². The van der Waals surface area contributed by atoms with Crippen LogP contribution in [-0.4, -0.2) is 61.9 Å². The van der Waals surface area contributed by atoms with Crippen LogP contribution in [0, 0.1) is 0 Å². The summed E-state index contributed by atoms with van der Waals surface area (Å²) < 4.78 is 27.4. The van der Waals surface area contributed by atoms with E-state index < -0.39 is 15.6 Å². The minimum absolute atomic E-state index is 0.0196. The molecule has 0 aromatic heterocycles. The van der Waals surface area contributed by atoms with Gasteiger partial charge in [-0.2, -0.15) is 0 Å². The summed E-state index contributed by atoms with van der Waals surface area (Å²) >= 11 is 0. The van der Waals surface area contributed by atoms with Crippen molar-refractivity contribution in [3.63, 3.8) is 0 Å². The molecule has 1 amide bonds. The molecule has 6 nitrogen and oxygen atoms in total. The van der Waals surface area contributed by atoms with Crippen molar-refractivity contribution in [2.24, 2.45) is 0 Å². The molecular weight excluding hydrogens is 362 g/mol. The quantitative estimate of drug-likeness (QED) is 0.853. The summed E-state index contributed by atoms with van der Waals surface area (Å²) in [7, 11) is -3.58. The van der Waals surface area contributed by atoms with Crippen molar-refractivity contribution in [1.29, 1.82) is 0 Å². The number of hydrogen-bond acceptors (Lipinski definition) is 4. The molecule has 0 radical (unpaired) electrons. The molecule has 1 aliphatic heterocycles. The molecule has 1 heterocycles. The molecule has 1 aromatic carbocycles. The van der Waals surface area contributed by atoms with Crippen LogP contribution in [0.5, 0.6) is 0 Å². The lowest BCUT2D eigenvalue weighted by Gasteiger charge is -2.38. The molecular formula is C20H31N3O3S. The number of carbonyl (C=O) groups is 1. The predicted molar refractivity (Wildman–Crippen MR) is 106 cm³/mol. The fourth-order valence-corrected chi connectivity index (χ4v) is 5.40. The normalized spacial score (nSPS) is 20.2. The maximum atomic E-state index is 12.8. The molecule has 7 heteroatoms. The Morgan fingerprint density at radius 1 is 1.00 bits per heavy atom. The highest BCUT2D eigenvalue weighted by Gasteiger charge is 2.28. The van der Waals surface area contributed by atoms with Gasteiger partial charge in [0.05, 0.1) is 4.90 Å². The van der Waals surface area contributed by atoms with E-state index in [1.165, 1.54) is 37.8 Å². The van der Waals surface area contributed by atoms with E-state index in [-0.39, 0.29) is 10.8 Å². The third-order valence-corrected chi connectivity index (χ3v) is 7.07. The Labute approximate surface area is 163 Å². The Hall–Kier alpha value is -1.44. The van der Waals surface area contributed by atoms with Crippen LogP contribution in [0.15, 0.2) is 29.2 Å². The zero-order chi connectivity index (χ0) is 19.7. The number of rotatable bonds is 4. The Balaban J connectivity index is 1.61. The third-order valence-electron chi connectivity index (χ3n) is 5.29. The molecule has 2 aliphatic rings. The number of nitrogens with one attached hydrogen (secondary N) is 1. The maximum absolute atomic E-state index is 12.8. The number of benzene rings is 1. The van der Waals surface area contributed by atoms with E-state index in [4.69, 9.17) is 0 Å². The first-order chi connectivity index (χ1) is 12.7. The molecule has 1 saturated carbocycles. The molecule has 0 spiro atoms. The second kappa shape index (κ2) is 7.89. The van der Waals surface area contributed by atoms with Crippen LogP contribution < -0.4 is 4.72 Å². The van der Waals surface area contributed by atoms with Crippen molar-refractivity contribution in [2.45, 2.75) is 62.9 Å². The van der Waals surface area contributed by atoms with Crippen LogP contribution in [0.4, 0.5) is 0 Å². The Morgan fingerprint density at radius 2 is 1.56 bits per heavy atom. The molecule has 0 atom stereocenters. The summed E-state index contributed by atoms with van der Waals surface area (Å²) in [4.78, 5) is 17.3. The fourth-order valence-electron chi connectivity index (χ4n) is 3.98. The second-order valence-electron chi connectivity index (χ2n) is 8.65. The monoisotopic (exact) mass is 393 g/mol. The number of amides is 1. The van der Waals surface area contributed by atoms with Gasteiger partial charge in [0.2, 0.25) is 10.0 Å². The van der Waals surface area contributed by atoms with Gasteiger partial charge in [-0.1, -0.05) is 12.8 Å². The highest BCUT2D eigenvalue weighted by molar-refractivity contribution is 7.89. The first-order valence-corrected chi connectivity index (χ1v) is 11.3. The van der Waals surface area contributed by atoms with Gasteiger partial charge in [0.25, 0.3) is 5.91 Å². The van der Waals surface area contributed by atoms with Crippen molar-refractivity contribution in [1.82, 2.24) is 14.5 Å². The average Bonchev–Trinajstić information content (AvgIpc) is 3.14. The van der Waals surface area contributed by atoms with Crippen LogP contribution in [0.25, 0.3) is 0 Å². The van der Waals surface area contributed by atoms with Gasteiger partial charge in [-0.25, -0.2) is 13.1 Å². The summed E-state index contributed by atoms with van der Waals surface area (Å²) in [6.45, 7) is 8.73. The van der Waals surface area contributed by atoms with Crippen molar-refractivity contribution in [3.05, 3.63) is 29.8 Å². The van der Waals surface area contributed by atoms with Gasteiger partial charge in [0.1, 0.15) is 0 Å². The van der Waals surface area contributed by atoms with E-state index in [9.17, 15) is 13.2 Å². The summed E-state index contributed by atoms with van der Waals surface area (Å²) in [6, 6.07) is 6.94. The molecule has 0 bridgehead atoms. The molecule has 1 N–H and O–H groups in total. The number of carbonyl (C=O) groups excluding carboxylic acids is 1. The van der Waals surface area contributed by atoms with Crippen LogP contribution in [-0.2, 0) is 10.0 Å². The number of nitrogens with zero attached hydrogens (tertiary/aromatic N) is 2. The van der Waals surface area contributed by atoms with Gasteiger partial charge in [0.15, 0.2) is 0 Å². The zero-order valence-corrected chi connectivity index (χ0v) is 17.4. The Morgan fingerprint density at radius 3 is 2.07 bits per heavy atom. The van der Waals surface area contributed by atoms with E-state index in [0.717, 1.165) is 26.2 Å². The first-order valence-electron chi connectivity index (χ1n) is 9.83. The Kier molecular flexibility index (Phi) is 5.93. The summed E-state index contributed by atoms with van der Waals surface area (Å²) in [6.07, 6.45) is 5.21. The van der Waals surface area contributed by atoms with E-state index >= 15 is 0 Å². The van der Waals surface area contributed by atoms with Crippen molar-refractivity contribution >= 4 is 15.9 Å². The number of sulfonamides is 1. The molecule has 1 saturated heterocycles. The lowest BCUT2D eigenvalue weighted by atomic mass is 10.1. The zero-order valence-electron chi connectivity index (χ0n) is 16.6. The van der Waals surface area contributed by atoms with Crippen LogP contribution in [0.1, 0.15) is 56.8 Å². The van der Waals surface area contributed by atoms with E-state index in [0.29, 0.717) is 11.6 Å². The maximum Gasteiger partial charge on any atom is 0.253 e. The highest BCUT2D eigenvalue weighted by atomic mass is 32.2. The number of hydrogen-bond donors (Lipinski definition) is 1. The van der Waals surface area contributed by atoms with Gasteiger partial charge < -0.3 is 4.90 Å². The summed E-state index contributed by atoms with van der Waals surface area (Å²) in [5, 5.41) is 0. The summed E-state index contributed by atoms with van der Waals surface area (Å²) in [5.74, 6) is -0.0196. The molecule has 27 heavy (non-hydrogen) atoms. The molecule has 2 fully saturated rings. The smallest absolute Gasteiger partial charge is 0.253 e. The molecule has 3 rings (SSSR count). The molecule has 150 valence electrons. The van der Waals surface area contributed by atoms with Gasteiger partial charge in [-0.05, 0) is 57.9 Å². The first kappa shape index (κ1) is 20.3. The lowest BCUT2D eigenvalue weighted by molar-refractivity contribution is 0.0573. The largest absolute Gasteiger partial charge is 0.336 e. The fraction of sp³-hybridized carbons (Fsp3) is 0.650. The lowest BCUT2D eigenvalue weighted by Crippen LogP contribution is -2.51. The van der Waals surface area contributed by atoms with E-state index in [2.05, 4.69) is 9.62 Å². The van der Waals surface area contributed by atoms with Crippen molar-refractivity contribution in [2.75, 3.05) is 26.2 Å². The van der Waals surface area contributed by atoms with Crippen LogP contribution >= 0.6 is 0 Å². The van der Waals surface area contributed by atoms with Gasteiger partial charge in [-0.3, -0.25) is 9.69 Å². The van der Waals surface area contributed by atoms with Gasteiger partial charge in [0, 0.05) is 43.3 Å². The molecule has 1 aliphatic carbocycles. The Bertz CT molecular complexity index is 755. The SMILES string of the molecule is CC(C)(C)NS(=O)(=O)c1ccc(C(=O)N2CCN(C3CCCC3)CC2)cc1. The summed E-state index contributed by atoms with van der Waals surface area (Å²) in [5.41, 5.74) is -0.00852. The van der Waals surface area contributed by atoms with Crippen molar-refractivity contribution < 1.29 is 13.2 Å². The second-order valence-corrected chi connectivity index (χ2v) is 10.3. The topological polar surface area (TPSA) is 69.7 Å². The third kappa shape index (κ3) is 5.09. The van der Waals surface area contributed by atoms with Crippen LogP contribution in [0.2, 0.25) is 0 Å². The highest BCUT2D eigenvalue weighted by Crippen LogP contribution is 2.24. The standard InChI is InChI=1S/C20H31N3O3S/c1-20(2,3)21-27(25,26)18-10-8-16(9-11-18)19(24)23-14-12-22(13-15-23)17-6-4-5-7-17/h8-11,17,21H,4-7,12-15H2,1-3H3. The minimum atomic E-state index is -3.58. The molecule has 0 unspecified atom stereocenters. The average molecular weight is 394 g/mol. The van der Waals surface area contributed by atoms with Crippen molar-refractivity contribution in [3.8, 4) is 0 Å².